The summed E-state index contributed by atoms with van der Waals surface area (Å²) in [5.41, 5.74) is 3.96. The Kier molecular flexibility index (Phi) is 9.53. The second kappa shape index (κ2) is 13.8. The first-order chi connectivity index (χ1) is 23.5. The summed E-state index contributed by atoms with van der Waals surface area (Å²) < 4.78 is 3.14. The van der Waals surface area contributed by atoms with E-state index in [1.54, 1.807) is 11.8 Å². The number of hydrogen-bond acceptors (Lipinski definition) is 9. The number of benzene rings is 1. The summed E-state index contributed by atoms with van der Waals surface area (Å²) >= 11 is 0. The van der Waals surface area contributed by atoms with E-state index in [0.717, 1.165) is 37.7 Å². The molecule has 258 valence electrons. The fourth-order valence-corrected chi connectivity index (χ4v) is 6.59. The van der Waals surface area contributed by atoms with Crippen molar-refractivity contribution in [2.75, 3.05) is 36.4 Å². The summed E-state index contributed by atoms with van der Waals surface area (Å²) in [6.07, 6.45) is 8.93. The molecule has 4 heterocycles. The van der Waals surface area contributed by atoms with Gasteiger partial charge in [-0.25, -0.2) is 9.97 Å². The van der Waals surface area contributed by atoms with Crippen molar-refractivity contribution in [2.45, 2.75) is 85.1 Å². The minimum atomic E-state index is -0.393. The number of aromatic nitrogens is 6. The third-order valence-electron chi connectivity index (χ3n) is 9.42. The quantitative estimate of drug-likeness (QED) is 0.290. The number of anilines is 2. The van der Waals surface area contributed by atoms with Crippen LogP contribution in [0.5, 0.6) is 5.75 Å². The summed E-state index contributed by atoms with van der Waals surface area (Å²) in [6.45, 7) is 11.3. The smallest absolute Gasteiger partial charge is 0.299 e. The third kappa shape index (κ3) is 6.92. The molecule has 1 saturated heterocycles. The molecule has 13 nitrogen and oxygen atoms in total. The van der Waals surface area contributed by atoms with Gasteiger partial charge in [-0.2, -0.15) is 9.50 Å². The van der Waals surface area contributed by atoms with E-state index in [0.29, 0.717) is 67.0 Å². The molecule has 1 aliphatic carbocycles. The number of rotatable bonds is 7. The number of fused-ring (bicyclic) bond motifs is 1. The lowest BCUT2D eigenvalue weighted by Gasteiger charge is -2.36. The van der Waals surface area contributed by atoms with Crippen LogP contribution in [0.2, 0.25) is 0 Å². The van der Waals surface area contributed by atoms with Crippen LogP contribution in [0.3, 0.4) is 0 Å². The minimum Gasteiger partial charge on any atom is -0.504 e. The topological polar surface area (TPSA) is 151 Å². The Labute approximate surface area is 285 Å². The summed E-state index contributed by atoms with van der Waals surface area (Å²) in [6, 6.07) is 7.85. The molecule has 1 fully saturated rings. The fraction of sp³-hybridized carbons (Fsp3) is 0.472. The lowest BCUT2D eigenvalue weighted by Crippen LogP contribution is -2.51. The largest absolute Gasteiger partial charge is 0.504 e. The number of amides is 2. The van der Waals surface area contributed by atoms with E-state index >= 15 is 0 Å². The van der Waals surface area contributed by atoms with E-state index in [4.69, 9.17) is 10.1 Å². The van der Waals surface area contributed by atoms with Gasteiger partial charge in [0.25, 0.3) is 11.5 Å². The van der Waals surface area contributed by atoms with Crippen LogP contribution >= 0.6 is 0 Å². The Morgan fingerprint density at radius 2 is 1.73 bits per heavy atom. The molecule has 0 saturated carbocycles. The van der Waals surface area contributed by atoms with Crippen molar-refractivity contribution in [3.63, 3.8) is 0 Å². The summed E-state index contributed by atoms with van der Waals surface area (Å²) in [4.78, 5) is 57.6. The zero-order valence-corrected chi connectivity index (χ0v) is 29.0. The van der Waals surface area contributed by atoms with Gasteiger partial charge in [0.05, 0.1) is 11.4 Å². The molecular formula is C36H45N9O4. The normalized spacial score (nSPS) is 15.7. The van der Waals surface area contributed by atoms with Gasteiger partial charge in [0.1, 0.15) is 18.6 Å². The minimum absolute atomic E-state index is 0.00975. The van der Waals surface area contributed by atoms with Crippen LogP contribution in [0, 0.1) is 6.92 Å². The third-order valence-corrected chi connectivity index (χ3v) is 9.42. The Hall–Kier alpha value is -5.07. The van der Waals surface area contributed by atoms with Gasteiger partial charge in [-0.15, -0.1) is 5.10 Å². The first-order valence-electron chi connectivity index (χ1n) is 17.1. The molecule has 0 atom stereocenters. The molecule has 0 spiro atoms. The second-order valence-corrected chi connectivity index (χ2v) is 13.8. The van der Waals surface area contributed by atoms with Crippen molar-refractivity contribution < 1.29 is 14.7 Å². The molecule has 13 heteroatoms. The predicted octanol–water partition coefficient (Wildman–Crippen LogP) is 4.50. The molecular weight excluding hydrogens is 622 g/mol. The first kappa shape index (κ1) is 33.8. The monoisotopic (exact) mass is 667 g/mol. The van der Waals surface area contributed by atoms with Crippen LogP contribution in [0.15, 0.2) is 41.5 Å². The maximum absolute atomic E-state index is 14.3. The Bertz CT molecular complexity index is 1960. The van der Waals surface area contributed by atoms with Crippen LogP contribution in [-0.4, -0.2) is 77.1 Å². The number of piperazine rings is 1. The lowest BCUT2D eigenvalue weighted by atomic mass is 9.87. The van der Waals surface area contributed by atoms with Crippen molar-refractivity contribution in [3.8, 4) is 5.75 Å². The molecule has 3 aromatic heterocycles. The number of nitrogens with zero attached hydrogens (tertiary/aromatic N) is 8. The van der Waals surface area contributed by atoms with Gasteiger partial charge in [0.2, 0.25) is 11.7 Å². The summed E-state index contributed by atoms with van der Waals surface area (Å²) in [5, 5.41) is 18.2. The molecule has 4 aromatic rings. The average Bonchev–Trinajstić information content (AvgIpc) is 3.35. The van der Waals surface area contributed by atoms with E-state index in [9.17, 15) is 19.5 Å². The fourth-order valence-electron chi connectivity index (χ4n) is 6.59. The average molecular weight is 668 g/mol. The number of carbonyl (C=O) groups is 2. The standard InChI is InChI=1S/C36H45N9O4/c1-6-27-30(42-17-19-43(20-18-42)33(48)29-31(47)23(2)37-22-38-29)34(49)45-35(40-32(41-45)24-11-9-7-8-10-12-24)44(27)21-28(46)39-26-15-13-25(14-16-26)36(3,4)5/h11,13-16,22,47H,6-10,12,17-21H2,1-5H3,(H,39,46). The molecule has 6 rings (SSSR count). The maximum atomic E-state index is 14.3. The van der Waals surface area contributed by atoms with E-state index in [1.165, 1.54) is 16.4 Å². The SMILES string of the molecule is CCc1c(N2CCN(C(=O)c3ncnc(C)c3O)CC2)c(=O)n2nc(C3=CCCCCC3)nc2n1CC(=O)Nc1ccc(C(C)(C)C)cc1. The van der Waals surface area contributed by atoms with E-state index < -0.39 is 5.91 Å². The zero-order valence-electron chi connectivity index (χ0n) is 29.0. The molecule has 1 aliphatic heterocycles. The van der Waals surface area contributed by atoms with Gasteiger partial charge in [-0.1, -0.05) is 52.3 Å². The van der Waals surface area contributed by atoms with Crippen LogP contribution in [0.4, 0.5) is 11.4 Å². The zero-order chi connectivity index (χ0) is 34.9. The van der Waals surface area contributed by atoms with Crippen molar-refractivity contribution in [2.24, 2.45) is 0 Å². The molecule has 2 amide bonds. The van der Waals surface area contributed by atoms with Crippen LogP contribution in [0.25, 0.3) is 11.4 Å². The number of allylic oxidation sites excluding steroid dienone is 2. The van der Waals surface area contributed by atoms with Gasteiger partial charge >= 0.3 is 0 Å². The van der Waals surface area contributed by atoms with Gasteiger partial charge in [-0.05, 0) is 67.7 Å². The first-order valence-corrected chi connectivity index (χ1v) is 17.1. The second-order valence-electron chi connectivity index (χ2n) is 13.8. The van der Waals surface area contributed by atoms with Crippen molar-refractivity contribution in [1.29, 1.82) is 0 Å². The number of hydrogen-bond donors (Lipinski definition) is 2. The molecule has 49 heavy (non-hydrogen) atoms. The van der Waals surface area contributed by atoms with Gasteiger partial charge in [-0.3, -0.25) is 14.4 Å². The molecule has 2 aliphatic rings. The maximum Gasteiger partial charge on any atom is 0.299 e. The molecule has 1 aromatic carbocycles. The highest BCUT2D eigenvalue weighted by molar-refractivity contribution is 5.95. The van der Waals surface area contributed by atoms with Gasteiger partial charge in [0, 0.05) is 31.9 Å². The summed E-state index contributed by atoms with van der Waals surface area (Å²) in [5.74, 6) is -0.0297. The molecule has 0 radical (unpaired) electrons. The number of aromatic hydroxyl groups is 1. The highest BCUT2D eigenvalue weighted by Gasteiger charge is 2.30. The molecule has 0 bridgehead atoms. The Morgan fingerprint density at radius 3 is 2.43 bits per heavy atom. The van der Waals surface area contributed by atoms with E-state index in [1.807, 2.05) is 40.7 Å². The van der Waals surface area contributed by atoms with Crippen LogP contribution < -0.4 is 15.8 Å². The van der Waals surface area contributed by atoms with Crippen LogP contribution in [0.1, 0.15) is 93.1 Å². The van der Waals surface area contributed by atoms with Gasteiger partial charge in [0.15, 0.2) is 17.3 Å². The van der Waals surface area contributed by atoms with Gasteiger partial charge < -0.3 is 24.8 Å². The molecule has 0 unspecified atom stereocenters. The highest BCUT2D eigenvalue weighted by Crippen LogP contribution is 2.28. The van der Waals surface area contributed by atoms with E-state index in [-0.39, 0.29) is 34.9 Å². The van der Waals surface area contributed by atoms with Crippen molar-refractivity contribution in [1.82, 2.24) is 34.0 Å². The van der Waals surface area contributed by atoms with Crippen molar-refractivity contribution >= 4 is 34.5 Å². The molecule has 2 N–H and O–H groups in total. The highest BCUT2D eigenvalue weighted by atomic mass is 16.3. The number of carbonyl (C=O) groups excluding carboxylic acids is 2. The number of aryl methyl sites for hydroxylation is 1. The Balaban J connectivity index is 1.34. The summed E-state index contributed by atoms with van der Waals surface area (Å²) in [7, 11) is 0. The van der Waals surface area contributed by atoms with Crippen molar-refractivity contribution in [3.05, 3.63) is 75.5 Å². The van der Waals surface area contributed by atoms with Crippen LogP contribution in [-0.2, 0) is 23.2 Å². The van der Waals surface area contributed by atoms with E-state index in [2.05, 4.69) is 42.1 Å². The predicted molar refractivity (Wildman–Crippen MR) is 188 cm³/mol. The lowest BCUT2D eigenvalue weighted by molar-refractivity contribution is -0.116. The number of nitrogens with one attached hydrogen (secondary N) is 1. The Morgan fingerprint density at radius 1 is 1.00 bits per heavy atom.